The lowest BCUT2D eigenvalue weighted by Crippen LogP contribution is -2.42. The third-order valence-electron chi connectivity index (χ3n) is 5.54. The molecule has 13 nitrogen and oxygen atoms in total. The monoisotopic (exact) mass is 522 g/mol. The summed E-state index contributed by atoms with van der Waals surface area (Å²) in [6.45, 7) is 0.486. The van der Waals surface area contributed by atoms with Crippen molar-refractivity contribution in [2.24, 2.45) is 0 Å². The third kappa shape index (κ3) is 8.53. The van der Waals surface area contributed by atoms with Gasteiger partial charge in [-0.15, -0.1) is 0 Å². The van der Waals surface area contributed by atoms with E-state index in [0.29, 0.717) is 17.1 Å². The van der Waals surface area contributed by atoms with E-state index in [1.54, 1.807) is 12.1 Å². The van der Waals surface area contributed by atoms with Gasteiger partial charge in [0.2, 0.25) is 12.2 Å². The summed E-state index contributed by atoms with van der Waals surface area (Å²) in [4.78, 5) is 46.9. The van der Waals surface area contributed by atoms with Crippen LogP contribution in [0.5, 0.6) is 11.5 Å². The third-order valence-corrected chi connectivity index (χ3v) is 5.54. The van der Waals surface area contributed by atoms with Crippen molar-refractivity contribution in [3.8, 4) is 11.5 Å². The molecule has 3 unspecified atom stereocenters. The first-order valence-electron chi connectivity index (χ1n) is 11.7. The molecule has 3 amide bonds. The van der Waals surface area contributed by atoms with Crippen LogP contribution >= 0.6 is 0 Å². The van der Waals surface area contributed by atoms with Crippen molar-refractivity contribution in [2.45, 2.75) is 44.4 Å². The lowest BCUT2D eigenvalue weighted by atomic mass is 10.1. The molecule has 0 bridgehead atoms. The summed E-state index contributed by atoms with van der Waals surface area (Å²) in [5.41, 5.74) is 0.498. The second-order valence-electron chi connectivity index (χ2n) is 8.29. The zero-order chi connectivity index (χ0) is 26.8. The summed E-state index contributed by atoms with van der Waals surface area (Å²) in [6, 6.07) is 4.69. The fourth-order valence-corrected chi connectivity index (χ4v) is 3.65. The molecule has 0 saturated carbocycles. The molecule has 3 rings (SSSR count). The Balaban J connectivity index is 1.35. The lowest BCUT2D eigenvalue weighted by Gasteiger charge is -2.31. The molecule has 1 aromatic carbocycles. The minimum atomic E-state index is -1.18. The average molecular weight is 523 g/mol. The number of benzene rings is 1. The Bertz CT molecular complexity index is 994. The zero-order valence-electron chi connectivity index (χ0n) is 20.0. The highest BCUT2D eigenvalue weighted by Gasteiger charge is 2.34. The maximum atomic E-state index is 11.9. The highest BCUT2D eigenvalue weighted by Crippen LogP contribution is 2.28. The van der Waals surface area contributed by atoms with Gasteiger partial charge in [0.05, 0.1) is 25.9 Å². The van der Waals surface area contributed by atoms with Crippen LogP contribution in [0, 0.1) is 0 Å². The topological polar surface area (TPSA) is 181 Å². The number of imide groups is 1. The molecule has 202 valence electrons. The van der Waals surface area contributed by atoms with Crippen LogP contribution in [0.2, 0.25) is 0 Å². The Kier molecular flexibility index (Phi) is 10.4. The highest BCUT2D eigenvalue weighted by atomic mass is 16.7. The normalized spacial score (nSPS) is 21.2. The standard InChI is InChI=1S/C24H30N2O11/c27-14-15-1-2-17(36-23-12-16(28)11-19(37-23)24(32)33)13-18(15)35-10-9-34-8-6-25-20(29)5-7-26-21(30)3-4-22(26)31/h1-4,13,16,19,23,27-28H,5-12,14H2,(H,25,29)(H,32,33). The van der Waals surface area contributed by atoms with Gasteiger partial charge in [0.25, 0.3) is 11.8 Å². The van der Waals surface area contributed by atoms with Crippen molar-refractivity contribution >= 4 is 23.7 Å². The van der Waals surface area contributed by atoms with E-state index in [1.165, 1.54) is 6.07 Å². The fraction of sp³-hybridized carbons (Fsp3) is 0.500. The summed E-state index contributed by atoms with van der Waals surface area (Å²) in [7, 11) is 0. The Hall–Kier alpha value is -3.52. The summed E-state index contributed by atoms with van der Waals surface area (Å²) in [5, 5.41) is 31.2. The molecule has 0 spiro atoms. The number of carbonyl (C=O) groups excluding carboxylic acids is 3. The number of hydrogen-bond donors (Lipinski definition) is 4. The maximum Gasteiger partial charge on any atom is 0.333 e. The Morgan fingerprint density at radius 3 is 2.57 bits per heavy atom. The van der Waals surface area contributed by atoms with Crippen molar-refractivity contribution in [1.82, 2.24) is 10.2 Å². The first kappa shape index (κ1) is 28.1. The van der Waals surface area contributed by atoms with E-state index < -0.39 is 36.3 Å². The van der Waals surface area contributed by atoms with Crippen LogP contribution in [-0.2, 0) is 35.3 Å². The Morgan fingerprint density at radius 1 is 1.11 bits per heavy atom. The summed E-state index contributed by atoms with van der Waals surface area (Å²) in [6.07, 6.45) is -0.585. The number of nitrogens with zero attached hydrogens (tertiary/aromatic N) is 1. The molecule has 0 aliphatic carbocycles. The van der Waals surface area contributed by atoms with Crippen molar-refractivity contribution in [1.29, 1.82) is 0 Å². The number of nitrogens with one attached hydrogen (secondary N) is 1. The molecule has 0 aromatic heterocycles. The predicted octanol–water partition coefficient (Wildman–Crippen LogP) is -0.665. The van der Waals surface area contributed by atoms with E-state index in [1.807, 2.05) is 0 Å². The number of hydrogen-bond acceptors (Lipinski definition) is 10. The minimum Gasteiger partial charge on any atom is -0.491 e. The SMILES string of the molecule is O=C(CCN1C(=O)C=CC1=O)NCCOCCOc1cc(OC2CC(O)CC(C(=O)O)O2)ccc1CO. The van der Waals surface area contributed by atoms with E-state index in [9.17, 15) is 29.4 Å². The molecule has 2 aliphatic rings. The molecule has 13 heteroatoms. The van der Waals surface area contributed by atoms with Crippen LogP contribution in [-0.4, -0.2) is 95.3 Å². The quantitative estimate of drug-likeness (QED) is 0.180. The molecule has 2 aliphatic heterocycles. The van der Waals surface area contributed by atoms with Gasteiger partial charge < -0.3 is 39.6 Å². The van der Waals surface area contributed by atoms with E-state index in [4.69, 9.17) is 24.1 Å². The maximum absolute atomic E-state index is 11.9. The number of carboxylic acids is 1. The number of rotatable bonds is 14. The predicted molar refractivity (Wildman–Crippen MR) is 124 cm³/mol. The molecule has 1 saturated heterocycles. The van der Waals surface area contributed by atoms with E-state index in [-0.39, 0.29) is 64.7 Å². The number of ether oxygens (including phenoxy) is 4. The first-order chi connectivity index (χ1) is 17.8. The van der Waals surface area contributed by atoms with Crippen LogP contribution in [0.15, 0.2) is 30.4 Å². The van der Waals surface area contributed by atoms with Gasteiger partial charge in [-0.05, 0) is 12.1 Å². The molecular weight excluding hydrogens is 492 g/mol. The van der Waals surface area contributed by atoms with Crippen LogP contribution < -0.4 is 14.8 Å². The summed E-state index contributed by atoms with van der Waals surface area (Å²) < 4.78 is 22.1. The second-order valence-corrected chi connectivity index (χ2v) is 8.29. The highest BCUT2D eigenvalue weighted by molar-refractivity contribution is 6.13. The van der Waals surface area contributed by atoms with Crippen LogP contribution in [0.25, 0.3) is 0 Å². The van der Waals surface area contributed by atoms with Crippen molar-refractivity contribution in [2.75, 3.05) is 32.9 Å². The molecule has 37 heavy (non-hydrogen) atoms. The lowest BCUT2D eigenvalue weighted by molar-refractivity contribution is -0.195. The van der Waals surface area contributed by atoms with E-state index >= 15 is 0 Å². The second kappa shape index (κ2) is 13.7. The minimum absolute atomic E-state index is 0.00750. The first-order valence-corrected chi connectivity index (χ1v) is 11.7. The van der Waals surface area contributed by atoms with Gasteiger partial charge in [-0.2, -0.15) is 0 Å². The number of carbonyl (C=O) groups is 4. The van der Waals surface area contributed by atoms with Gasteiger partial charge in [0, 0.05) is 56.1 Å². The van der Waals surface area contributed by atoms with Crippen LogP contribution in [0.1, 0.15) is 24.8 Å². The van der Waals surface area contributed by atoms with Gasteiger partial charge in [-0.25, -0.2) is 4.79 Å². The van der Waals surface area contributed by atoms with E-state index in [0.717, 1.165) is 17.1 Å². The largest absolute Gasteiger partial charge is 0.491 e. The number of aliphatic hydroxyl groups excluding tert-OH is 2. The molecule has 2 heterocycles. The number of amides is 3. The Morgan fingerprint density at radius 2 is 1.86 bits per heavy atom. The van der Waals surface area contributed by atoms with Gasteiger partial charge in [0.1, 0.15) is 18.1 Å². The number of aliphatic carboxylic acids is 1. The summed E-state index contributed by atoms with van der Waals surface area (Å²) in [5.74, 6) is -1.72. The molecular formula is C24H30N2O11. The van der Waals surface area contributed by atoms with Crippen molar-refractivity contribution < 1.29 is 53.4 Å². The average Bonchev–Trinajstić information content (AvgIpc) is 3.18. The molecule has 1 fully saturated rings. The van der Waals surface area contributed by atoms with Gasteiger partial charge in [-0.1, -0.05) is 0 Å². The van der Waals surface area contributed by atoms with Gasteiger partial charge in [0.15, 0.2) is 6.10 Å². The van der Waals surface area contributed by atoms with Crippen LogP contribution in [0.4, 0.5) is 0 Å². The van der Waals surface area contributed by atoms with Crippen LogP contribution in [0.3, 0.4) is 0 Å². The van der Waals surface area contributed by atoms with Gasteiger partial charge in [-0.3, -0.25) is 19.3 Å². The van der Waals surface area contributed by atoms with E-state index in [2.05, 4.69) is 5.32 Å². The van der Waals surface area contributed by atoms with Crippen molar-refractivity contribution in [3.63, 3.8) is 0 Å². The van der Waals surface area contributed by atoms with Gasteiger partial charge >= 0.3 is 5.97 Å². The molecule has 3 atom stereocenters. The summed E-state index contributed by atoms with van der Waals surface area (Å²) >= 11 is 0. The smallest absolute Gasteiger partial charge is 0.333 e. The van der Waals surface area contributed by atoms with Crippen molar-refractivity contribution in [3.05, 3.63) is 35.9 Å². The number of aliphatic hydroxyl groups is 2. The molecule has 1 aromatic rings. The fourth-order valence-electron chi connectivity index (χ4n) is 3.65. The Labute approximate surface area is 212 Å². The molecule has 4 N–H and O–H groups in total. The number of carboxylic acid groups (broad SMARTS) is 1. The molecule has 0 radical (unpaired) electrons. The zero-order valence-corrected chi connectivity index (χ0v) is 20.0.